The van der Waals surface area contributed by atoms with Crippen LogP contribution in [0, 0.1) is 11.8 Å². The monoisotopic (exact) mass is 502 g/mol. The molecule has 1 fully saturated rings. The Morgan fingerprint density at radius 3 is 1.69 bits per heavy atom. The van der Waals surface area contributed by atoms with Crippen LogP contribution in [0.3, 0.4) is 0 Å². The average molecular weight is 503 g/mol. The van der Waals surface area contributed by atoms with E-state index in [1.165, 1.54) is 10.4 Å². The maximum Gasteiger partial charge on any atom is 0.338 e. The highest BCUT2D eigenvalue weighted by molar-refractivity contribution is 6.99. The van der Waals surface area contributed by atoms with Crippen molar-refractivity contribution < 1.29 is 18.7 Å². The smallest absolute Gasteiger partial charge is 0.338 e. The summed E-state index contributed by atoms with van der Waals surface area (Å²) in [5, 5.41) is 2.11. The van der Waals surface area contributed by atoms with Crippen molar-refractivity contribution in [1.82, 2.24) is 0 Å². The number of esters is 1. The van der Waals surface area contributed by atoms with Crippen molar-refractivity contribution in [2.24, 2.45) is 11.8 Å². The molecule has 36 heavy (non-hydrogen) atoms. The van der Waals surface area contributed by atoms with E-state index in [9.17, 15) is 4.79 Å². The Labute approximate surface area is 216 Å². The predicted molar refractivity (Wildman–Crippen MR) is 147 cm³/mol. The minimum absolute atomic E-state index is 0.0325. The zero-order chi connectivity index (χ0) is 25.9. The van der Waals surface area contributed by atoms with Gasteiger partial charge in [-0.3, -0.25) is 0 Å². The van der Waals surface area contributed by atoms with Gasteiger partial charge < -0.3 is 13.9 Å². The van der Waals surface area contributed by atoms with Crippen molar-refractivity contribution in [2.45, 2.75) is 65.1 Å². The van der Waals surface area contributed by atoms with E-state index in [0.717, 1.165) is 0 Å². The lowest BCUT2D eigenvalue weighted by molar-refractivity contribution is -0.236. The lowest BCUT2D eigenvalue weighted by Crippen LogP contribution is -2.70. The number of carbonyl (C=O) groups excluding carboxylic acids is 1. The van der Waals surface area contributed by atoms with Crippen LogP contribution in [0.1, 0.15) is 51.9 Å². The van der Waals surface area contributed by atoms with E-state index in [1.54, 1.807) is 12.1 Å². The normalized spacial score (nSPS) is 24.8. The molecule has 0 amide bonds. The Kier molecular flexibility index (Phi) is 7.84. The Morgan fingerprint density at radius 1 is 0.750 bits per heavy atom. The summed E-state index contributed by atoms with van der Waals surface area (Å²) >= 11 is 0. The van der Waals surface area contributed by atoms with E-state index in [2.05, 4.69) is 90.1 Å². The molecule has 0 aliphatic carbocycles. The molecule has 4 nitrogen and oxygen atoms in total. The molecule has 0 saturated carbocycles. The van der Waals surface area contributed by atoms with Crippen molar-refractivity contribution in [3.63, 3.8) is 0 Å². The van der Waals surface area contributed by atoms with Crippen LogP contribution in [0.2, 0.25) is 5.04 Å². The standard InChI is InChI=1S/C31H38O4Si/c1-22-23(2)28(34-29(32)25-16-10-7-11-17-25)30(33-24(22)3)35-36(31(4,5)6,26-18-12-8-13-19-26)27-20-14-9-15-21-27/h7-24,28,30H,1-6H3/t22-,23-,24?,28?,30-/m0/s1. The average Bonchev–Trinajstić information content (AvgIpc) is 2.88. The minimum Gasteiger partial charge on any atom is -0.453 e. The van der Waals surface area contributed by atoms with E-state index >= 15 is 0 Å². The zero-order valence-corrected chi connectivity index (χ0v) is 23.2. The Hall–Kier alpha value is -2.73. The van der Waals surface area contributed by atoms with Crippen LogP contribution >= 0.6 is 0 Å². The maximum absolute atomic E-state index is 13.2. The van der Waals surface area contributed by atoms with Crippen LogP contribution in [0.5, 0.6) is 0 Å². The van der Waals surface area contributed by atoms with Crippen molar-refractivity contribution in [1.29, 1.82) is 0 Å². The first-order valence-corrected chi connectivity index (χ1v) is 14.8. The molecule has 0 bridgehead atoms. The summed E-state index contributed by atoms with van der Waals surface area (Å²) in [6.45, 7) is 13.1. The van der Waals surface area contributed by atoms with Crippen molar-refractivity contribution in [3.05, 3.63) is 96.6 Å². The number of ether oxygens (including phenoxy) is 2. The topological polar surface area (TPSA) is 44.8 Å². The SMILES string of the molecule is CC1O[C@@H](O[Si](c2ccccc2)(c2ccccc2)C(C)(C)C)C(OC(=O)c2ccccc2)[C@@H](C)[C@@H]1C. The first kappa shape index (κ1) is 26.3. The van der Waals surface area contributed by atoms with Gasteiger partial charge in [0.25, 0.3) is 8.32 Å². The molecule has 5 heteroatoms. The van der Waals surface area contributed by atoms with Crippen LogP contribution in [0.25, 0.3) is 0 Å². The molecule has 3 aromatic rings. The molecule has 1 saturated heterocycles. The van der Waals surface area contributed by atoms with Crippen LogP contribution in [-0.4, -0.2) is 32.8 Å². The van der Waals surface area contributed by atoms with Gasteiger partial charge in [0, 0.05) is 5.92 Å². The van der Waals surface area contributed by atoms with Gasteiger partial charge in [0.2, 0.25) is 0 Å². The minimum atomic E-state index is -2.91. The molecule has 0 N–H and O–H groups in total. The first-order chi connectivity index (χ1) is 17.1. The number of hydrogen-bond donors (Lipinski definition) is 0. The summed E-state index contributed by atoms with van der Waals surface area (Å²) in [4.78, 5) is 13.2. The third kappa shape index (κ3) is 5.06. The molecule has 0 spiro atoms. The van der Waals surface area contributed by atoms with Gasteiger partial charge in [-0.2, -0.15) is 0 Å². The number of benzene rings is 3. The summed E-state index contributed by atoms with van der Waals surface area (Å²) in [7, 11) is -2.91. The Balaban J connectivity index is 1.80. The Morgan fingerprint density at radius 2 is 1.22 bits per heavy atom. The van der Waals surface area contributed by atoms with Gasteiger partial charge in [-0.1, -0.05) is 113 Å². The van der Waals surface area contributed by atoms with E-state index in [0.29, 0.717) is 5.56 Å². The third-order valence-electron chi connectivity index (χ3n) is 7.67. The van der Waals surface area contributed by atoms with Gasteiger partial charge >= 0.3 is 5.97 Å². The summed E-state index contributed by atoms with van der Waals surface area (Å²) < 4.78 is 20.0. The summed E-state index contributed by atoms with van der Waals surface area (Å²) in [6, 6.07) is 30.1. The number of carbonyl (C=O) groups is 1. The molecule has 1 aliphatic rings. The van der Waals surface area contributed by atoms with Gasteiger partial charge in [0.1, 0.15) is 0 Å². The zero-order valence-electron chi connectivity index (χ0n) is 22.2. The first-order valence-electron chi connectivity index (χ1n) is 12.9. The highest BCUT2D eigenvalue weighted by Crippen LogP contribution is 2.41. The van der Waals surface area contributed by atoms with Gasteiger partial charge in [-0.25, -0.2) is 4.79 Å². The summed E-state index contributed by atoms with van der Waals surface area (Å²) in [5.74, 6) is -0.0870. The highest BCUT2D eigenvalue weighted by atomic mass is 28.4. The van der Waals surface area contributed by atoms with Crippen LogP contribution in [-0.2, 0) is 13.9 Å². The summed E-state index contributed by atoms with van der Waals surface area (Å²) in [5.41, 5.74) is 0.528. The van der Waals surface area contributed by atoms with Gasteiger partial charge in [-0.15, -0.1) is 0 Å². The van der Waals surface area contributed by atoms with E-state index < -0.39 is 20.7 Å². The quantitative estimate of drug-likeness (QED) is 0.315. The van der Waals surface area contributed by atoms with Gasteiger partial charge in [0.15, 0.2) is 12.4 Å². The number of rotatable bonds is 6. The fourth-order valence-electron chi connectivity index (χ4n) is 5.28. The fraction of sp³-hybridized carbons (Fsp3) is 0.387. The van der Waals surface area contributed by atoms with Crippen LogP contribution in [0.15, 0.2) is 91.0 Å². The van der Waals surface area contributed by atoms with Crippen molar-refractivity contribution in [3.8, 4) is 0 Å². The largest absolute Gasteiger partial charge is 0.453 e. The van der Waals surface area contributed by atoms with Crippen molar-refractivity contribution >= 4 is 24.7 Å². The fourth-order valence-corrected chi connectivity index (χ4v) is 9.83. The molecular weight excluding hydrogens is 464 g/mol. The molecular formula is C31H38O4Si. The highest BCUT2D eigenvalue weighted by Gasteiger charge is 2.55. The van der Waals surface area contributed by atoms with E-state index in [-0.39, 0.29) is 28.9 Å². The number of hydrogen-bond acceptors (Lipinski definition) is 4. The molecule has 1 aliphatic heterocycles. The Bertz CT molecular complexity index is 1090. The van der Waals surface area contributed by atoms with Crippen LogP contribution < -0.4 is 10.4 Å². The summed E-state index contributed by atoms with van der Waals surface area (Å²) in [6.07, 6.45) is -1.26. The lowest BCUT2D eigenvalue weighted by Gasteiger charge is -2.50. The maximum atomic E-state index is 13.2. The third-order valence-corrected chi connectivity index (χ3v) is 12.7. The molecule has 5 atom stereocenters. The molecule has 3 aromatic carbocycles. The second kappa shape index (κ2) is 10.7. The van der Waals surface area contributed by atoms with Crippen LogP contribution in [0.4, 0.5) is 0 Å². The second-order valence-electron chi connectivity index (χ2n) is 10.9. The molecule has 190 valence electrons. The van der Waals surface area contributed by atoms with E-state index in [4.69, 9.17) is 13.9 Å². The second-order valence-corrected chi connectivity index (χ2v) is 15.2. The lowest BCUT2D eigenvalue weighted by atomic mass is 9.84. The predicted octanol–water partition coefficient (Wildman–Crippen LogP) is 5.81. The van der Waals surface area contributed by atoms with Gasteiger partial charge in [-0.05, 0) is 40.4 Å². The molecule has 2 unspecified atom stereocenters. The van der Waals surface area contributed by atoms with Crippen molar-refractivity contribution in [2.75, 3.05) is 0 Å². The molecule has 4 rings (SSSR count). The van der Waals surface area contributed by atoms with E-state index in [1.807, 2.05) is 30.3 Å². The molecule has 1 heterocycles. The molecule has 0 aromatic heterocycles. The van der Waals surface area contributed by atoms with Gasteiger partial charge in [0.05, 0.1) is 11.7 Å². The molecule has 0 radical (unpaired) electrons.